The van der Waals surface area contributed by atoms with Crippen molar-refractivity contribution in [3.8, 4) is 5.75 Å². The molecule has 19 heteroatoms. The molecular weight excluding hydrogens is 619 g/mol. The minimum atomic E-state index is -3.64. The zero-order chi connectivity index (χ0) is 35.5. The maximum Gasteiger partial charge on any atom is 0.229 e. The number of aromatic nitrogens is 2. The largest absolute Gasteiger partial charge is 0.496 e. The van der Waals surface area contributed by atoms with Crippen LogP contribution in [0.15, 0.2) is 47.5 Å². The van der Waals surface area contributed by atoms with Crippen LogP contribution in [0.25, 0.3) is 0 Å². The van der Waals surface area contributed by atoms with Gasteiger partial charge >= 0.3 is 0 Å². The number of ether oxygens (including phenoxy) is 1. The summed E-state index contributed by atoms with van der Waals surface area (Å²) >= 11 is 6.43. The molecule has 3 aromatic rings. The van der Waals surface area contributed by atoms with Crippen LogP contribution in [0, 0.1) is 6.92 Å². The summed E-state index contributed by atoms with van der Waals surface area (Å²) in [5.74, 6) is -0.844. The average molecular weight is 646 g/mol. The Hall–Kier alpha value is -2.30. The lowest BCUT2D eigenvalue weighted by Gasteiger charge is -2.69. The second kappa shape index (κ2) is 12.5. The molecule has 2 aromatic carbocycles. The van der Waals surface area contributed by atoms with Gasteiger partial charge < -0.3 is 20.7 Å². The summed E-state index contributed by atoms with van der Waals surface area (Å²) in [6.45, 7) is 8.19. The Kier molecular flexibility index (Phi) is 10.0. The molecule has 8 nitrogen and oxygen atoms in total. The van der Waals surface area contributed by atoms with Gasteiger partial charge in [0.05, 0.1) is 96.0 Å². The lowest BCUT2D eigenvalue weighted by Crippen LogP contribution is -2.77. The number of nitrogens with zero attached hydrogens (tertiary/aromatic N) is 2. The minimum Gasteiger partial charge on any atom is -0.496 e. The van der Waals surface area contributed by atoms with Crippen LogP contribution < -0.4 is 20.7 Å². The van der Waals surface area contributed by atoms with Gasteiger partial charge in [-0.15, -0.1) is 0 Å². The summed E-state index contributed by atoms with van der Waals surface area (Å²) < 4.78 is 32.1. The van der Waals surface area contributed by atoms with E-state index in [1.807, 2.05) is 0 Å². The molecule has 0 amide bonds. The highest BCUT2D eigenvalue weighted by molar-refractivity contribution is 7.92. The number of benzene rings is 2. The number of halogens is 1. The maximum absolute atomic E-state index is 13.0. The standard InChI is InChI=1S/C28H27B9ClN5O3S/c1-13(2)47(44,45)20-9-7-6-8-17(20)40-22-16(38)12-39-23(42-22)41-18-10-14(3)15(11-19(18)46-24(4,5)29)21-25(30,31)27(34,35)43-28(36,37)26(21,32)33/h6-13,21,43H,1-5H3,(H2,39,40,41,42). The third kappa shape index (κ3) is 7.21. The predicted molar refractivity (Wildman–Crippen MR) is 197 cm³/mol. The normalized spacial score (nSPS) is 18.8. The van der Waals surface area contributed by atoms with Crippen molar-refractivity contribution in [2.75, 3.05) is 10.6 Å². The summed E-state index contributed by atoms with van der Waals surface area (Å²) in [5.41, 5.74) is 0.364. The summed E-state index contributed by atoms with van der Waals surface area (Å²) in [4.78, 5) is 8.87. The Balaban J connectivity index is 1.81. The van der Waals surface area contributed by atoms with E-state index in [0.29, 0.717) is 16.8 Å². The van der Waals surface area contributed by atoms with Crippen LogP contribution in [0.1, 0.15) is 44.7 Å². The first kappa shape index (κ1) is 37.5. The van der Waals surface area contributed by atoms with Crippen LogP contribution in [0.4, 0.5) is 23.1 Å². The lowest BCUT2D eigenvalue weighted by atomic mass is 9.16. The first-order valence-electron chi connectivity index (χ1n) is 14.4. The molecule has 0 unspecified atom stereocenters. The molecule has 222 valence electrons. The molecule has 2 heterocycles. The van der Waals surface area contributed by atoms with E-state index in [9.17, 15) is 8.42 Å². The van der Waals surface area contributed by atoms with Crippen LogP contribution in [0.2, 0.25) is 15.5 Å². The van der Waals surface area contributed by atoms with Crippen molar-refractivity contribution in [1.82, 2.24) is 15.3 Å². The van der Waals surface area contributed by atoms with E-state index in [0.717, 1.165) is 0 Å². The van der Waals surface area contributed by atoms with Gasteiger partial charge in [-0.2, -0.15) is 4.98 Å². The maximum atomic E-state index is 13.0. The molecule has 4 rings (SSSR count). The molecule has 0 bridgehead atoms. The number of hydrogen-bond acceptors (Lipinski definition) is 8. The first-order chi connectivity index (χ1) is 21.3. The minimum absolute atomic E-state index is 0.0691. The van der Waals surface area contributed by atoms with Gasteiger partial charge in [0.2, 0.25) is 5.95 Å². The molecule has 0 atom stereocenters. The fraction of sp³-hybridized carbons (Fsp3) is 0.429. The molecule has 47 heavy (non-hydrogen) atoms. The third-order valence-corrected chi connectivity index (χ3v) is 10.4. The van der Waals surface area contributed by atoms with E-state index < -0.39 is 47.6 Å². The second-order valence-corrected chi connectivity index (χ2v) is 15.7. The second-order valence-electron chi connectivity index (χ2n) is 12.8. The van der Waals surface area contributed by atoms with Gasteiger partial charge in [0.25, 0.3) is 0 Å². The van der Waals surface area contributed by atoms with Crippen molar-refractivity contribution < 1.29 is 13.2 Å². The molecule has 1 saturated heterocycles. The quantitative estimate of drug-likeness (QED) is 0.304. The predicted octanol–water partition coefficient (Wildman–Crippen LogP) is 1.97. The Bertz CT molecular complexity index is 1760. The number of anilines is 4. The van der Waals surface area contributed by atoms with Crippen molar-refractivity contribution in [3.63, 3.8) is 0 Å². The van der Waals surface area contributed by atoms with Crippen molar-refractivity contribution in [1.29, 1.82) is 0 Å². The first-order valence-corrected chi connectivity index (χ1v) is 16.4. The lowest BCUT2D eigenvalue weighted by molar-refractivity contribution is 0.198. The van der Waals surface area contributed by atoms with E-state index in [2.05, 4.69) is 25.9 Å². The molecule has 18 radical (unpaired) electrons. The topological polar surface area (TPSA) is 105 Å². The highest BCUT2D eigenvalue weighted by Gasteiger charge is 2.57. The molecule has 1 aromatic heterocycles. The summed E-state index contributed by atoms with van der Waals surface area (Å²) in [5, 5.41) is 0.120. The summed E-state index contributed by atoms with van der Waals surface area (Å²) in [6, 6.07) is 9.67. The summed E-state index contributed by atoms with van der Waals surface area (Å²) in [7, 11) is 53.7. The van der Waals surface area contributed by atoms with Crippen LogP contribution in [0.3, 0.4) is 0 Å². The molecule has 0 aliphatic carbocycles. The summed E-state index contributed by atoms with van der Waals surface area (Å²) in [6.07, 6.45) is 1.35. The fourth-order valence-electron chi connectivity index (χ4n) is 5.26. The number of para-hydroxylation sites is 1. The van der Waals surface area contributed by atoms with Crippen LogP contribution in [-0.2, 0) is 9.84 Å². The smallest absolute Gasteiger partial charge is 0.229 e. The average Bonchev–Trinajstić information content (AvgIpc) is 2.90. The highest BCUT2D eigenvalue weighted by atomic mass is 35.5. The third-order valence-electron chi connectivity index (χ3n) is 7.91. The number of rotatable bonds is 9. The number of piperidine rings is 1. The molecule has 0 spiro atoms. The van der Waals surface area contributed by atoms with Crippen molar-refractivity contribution in [2.24, 2.45) is 0 Å². The molecular formula is C28H27B9ClN5O3S. The van der Waals surface area contributed by atoms with Gasteiger partial charge in [-0.3, -0.25) is 0 Å². The number of sulfone groups is 1. The van der Waals surface area contributed by atoms with Crippen LogP contribution in [-0.4, -0.2) is 110 Å². The number of hydrogen-bond donors (Lipinski definition) is 3. The van der Waals surface area contributed by atoms with Crippen molar-refractivity contribution >= 4 is 115 Å². The molecule has 0 saturated carbocycles. The van der Waals surface area contributed by atoms with Gasteiger partial charge in [-0.25, -0.2) is 13.4 Å². The zero-order valence-electron chi connectivity index (χ0n) is 26.8. The van der Waals surface area contributed by atoms with Gasteiger partial charge in [0.15, 0.2) is 15.7 Å². The SMILES string of the molecule is [B]C(C)(C)Oc1cc(C2C([B])([B])C([B])([B])NC([B])([B])C2([B])[B])c(C)cc1Nc1ncc(Cl)c(Nc2ccccc2S(=O)(=O)C(C)C)n1. The zero-order valence-corrected chi connectivity index (χ0v) is 28.4. The Labute approximate surface area is 294 Å². The van der Waals surface area contributed by atoms with Gasteiger partial charge in [0, 0.05) is 0 Å². The Morgan fingerprint density at radius 2 is 1.53 bits per heavy atom. The van der Waals surface area contributed by atoms with E-state index in [-0.39, 0.29) is 33.1 Å². The molecule has 3 N–H and O–H groups in total. The monoisotopic (exact) mass is 647 g/mol. The fourth-order valence-corrected chi connectivity index (χ4v) is 6.60. The number of aryl methyl sites for hydroxylation is 1. The van der Waals surface area contributed by atoms with E-state index in [4.69, 9.17) is 87.0 Å². The Morgan fingerprint density at radius 1 is 0.957 bits per heavy atom. The van der Waals surface area contributed by atoms with E-state index in [1.54, 1.807) is 65.0 Å². The molecule has 1 aliphatic rings. The van der Waals surface area contributed by atoms with Gasteiger partial charge in [-0.05, 0) is 75.9 Å². The van der Waals surface area contributed by atoms with Crippen molar-refractivity contribution in [2.45, 2.75) is 77.3 Å². The number of nitrogens with one attached hydrogen (secondary N) is 3. The highest BCUT2D eigenvalue weighted by Crippen LogP contribution is 2.61. The van der Waals surface area contributed by atoms with Gasteiger partial charge in [0.1, 0.15) is 18.6 Å². The Morgan fingerprint density at radius 3 is 2.09 bits per heavy atom. The van der Waals surface area contributed by atoms with Crippen LogP contribution in [0.5, 0.6) is 5.75 Å². The molecule has 1 aliphatic heterocycles. The van der Waals surface area contributed by atoms with Crippen molar-refractivity contribution in [3.05, 3.63) is 58.7 Å². The van der Waals surface area contributed by atoms with Crippen LogP contribution >= 0.6 is 11.6 Å². The molecule has 1 fully saturated rings. The van der Waals surface area contributed by atoms with E-state index in [1.165, 1.54) is 12.3 Å². The van der Waals surface area contributed by atoms with E-state index >= 15 is 0 Å². The van der Waals surface area contributed by atoms with Gasteiger partial charge in [-0.1, -0.05) is 44.8 Å².